The largest absolute Gasteiger partial charge is 0.316 e. The van der Waals surface area contributed by atoms with Crippen molar-refractivity contribution in [1.82, 2.24) is 5.32 Å². The molecule has 0 aromatic carbocycles. The molecule has 92 valence electrons. The van der Waals surface area contributed by atoms with Crippen LogP contribution in [0.5, 0.6) is 0 Å². The Kier molecular flexibility index (Phi) is 6.74. The number of hydrogen-bond acceptors (Lipinski definition) is 2. The summed E-state index contributed by atoms with van der Waals surface area (Å²) in [5.74, 6) is 1.59. The van der Waals surface area contributed by atoms with Crippen molar-refractivity contribution in [3.8, 4) is 0 Å². The van der Waals surface area contributed by atoms with Crippen molar-refractivity contribution in [3.63, 3.8) is 0 Å². The van der Waals surface area contributed by atoms with Crippen molar-refractivity contribution in [1.29, 1.82) is 0 Å². The first-order valence-corrected chi connectivity index (χ1v) is 7.38. The Morgan fingerprint density at radius 1 is 1.31 bits per heavy atom. The average molecular weight is 239 g/mol. The SMILES string of the molecule is CCC(CCc1ccsc1)CNCC(C)C. The molecule has 1 rings (SSSR count). The summed E-state index contributed by atoms with van der Waals surface area (Å²) >= 11 is 1.81. The molecule has 1 aromatic heterocycles. The maximum absolute atomic E-state index is 3.57. The summed E-state index contributed by atoms with van der Waals surface area (Å²) in [5.41, 5.74) is 1.51. The highest BCUT2D eigenvalue weighted by molar-refractivity contribution is 7.07. The maximum Gasteiger partial charge on any atom is -0.00204 e. The van der Waals surface area contributed by atoms with E-state index >= 15 is 0 Å². The van der Waals surface area contributed by atoms with Crippen molar-refractivity contribution < 1.29 is 0 Å². The van der Waals surface area contributed by atoms with E-state index < -0.39 is 0 Å². The molecule has 0 saturated heterocycles. The molecule has 0 aliphatic heterocycles. The first-order chi connectivity index (χ1) is 7.72. The zero-order valence-electron chi connectivity index (χ0n) is 10.8. The van der Waals surface area contributed by atoms with Crippen molar-refractivity contribution in [3.05, 3.63) is 22.4 Å². The molecular formula is C14H25NS. The molecule has 1 atom stereocenters. The van der Waals surface area contributed by atoms with Crippen LogP contribution >= 0.6 is 11.3 Å². The lowest BCUT2D eigenvalue weighted by atomic mass is 9.98. The molecule has 0 saturated carbocycles. The van der Waals surface area contributed by atoms with E-state index in [1.807, 2.05) is 0 Å². The van der Waals surface area contributed by atoms with Gasteiger partial charge >= 0.3 is 0 Å². The Hall–Kier alpha value is -0.340. The summed E-state index contributed by atoms with van der Waals surface area (Å²) in [7, 11) is 0. The average Bonchev–Trinajstić information content (AvgIpc) is 2.75. The van der Waals surface area contributed by atoms with Crippen LogP contribution in [0.3, 0.4) is 0 Å². The molecule has 0 radical (unpaired) electrons. The molecule has 0 fully saturated rings. The van der Waals surface area contributed by atoms with Crippen LogP contribution in [-0.2, 0) is 6.42 Å². The number of thiophene rings is 1. The van der Waals surface area contributed by atoms with Crippen LogP contribution < -0.4 is 5.32 Å². The van der Waals surface area contributed by atoms with Gasteiger partial charge in [0.2, 0.25) is 0 Å². The molecule has 1 nitrogen and oxygen atoms in total. The Morgan fingerprint density at radius 2 is 2.12 bits per heavy atom. The Labute approximate surface area is 104 Å². The molecule has 1 N–H and O–H groups in total. The van der Waals surface area contributed by atoms with Gasteiger partial charge in [0.1, 0.15) is 0 Å². The van der Waals surface area contributed by atoms with E-state index in [1.54, 1.807) is 11.3 Å². The van der Waals surface area contributed by atoms with Gasteiger partial charge in [0, 0.05) is 0 Å². The summed E-state index contributed by atoms with van der Waals surface area (Å²) in [6.07, 6.45) is 3.85. The van der Waals surface area contributed by atoms with Crippen molar-refractivity contribution in [2.75, 3.05) is 13.1 Å². The fourth-order valence-corrected chi connectivity index (χ4v) is 2.54. The van der Waals surface area contributed by atoms with Gasteiger partial charge in [0.15, 0.2) is 0 Å². The highest BCUT2D eigenvalue weighted by Crippen LogP contribution is 2.14. The minimum atomic E-state index is 0.759. The minimum Gasteiger partial charge on any atom is -0.316 e. The van der Waals surface area contributed by atoms with E-state index in [9.17, 15) is 0 Å². The Bertz CT molecular complexity index is 254. The molecule has 0 aliphatic carbocycles. The van der Waals surface area contributed by atoms with Crippen LogP contribution in [0.2, 0.25) is 0 Å². The molecule has 0 aliphatic rings. The van der Waals surface area contributed by atoms with Crippen LogP contribution in [0, 0.1) is 11.8 Å². The van der Waals surface area contributed by atoms with Gasteiger partial charge in [-0.15, -0.1) is 0 Å². The summed E-state index contributed by atoms with van der Waals surface area (Å²) in [4.78, 5) is 0. The van der Waals surface area contributed by atoms with E-state index in [4.69, 9.17) is 0 Å². The Morgan fingerprint density at radius 3 is 2.69 bits per heavy atom. The highest BCUT2D eigenvalue weighted by atomic mass is 32.1. The molecule has 2 heteroatoms. The zero-order valence-corrected chi connectivity index (χ0v) is 11.6. The molecular weight excluding hydrogens is 214 g/mol. The number of rotatable bonds is 8. The van der Waals surface area contributed by atoms with E-state index in [0.717, 1.165) is 18.4 Å². The molecule has 1 aromatic rings. The van der Waals surface area contributed by atoms with Gasteiger partial charge < -0.3 is 5.32 Å². The first kappa shape index (κ1) is 13.7. The number of aryl methyl sites for hydroxylation is 1. The second-order valence-electron chi connectivity index (χ2n) is 5.00. The quantitative estimate of drug-likeness (QED) is 0.724. The van der Waals surface area contributed by atoms with Crippen molar-refractivity contribution in [2.24, 2.45) is 11.8 Å². The topological polar surface area (TPSA) is 12.0 Å². The minimum absolute atomic E-state index is 0.759. The first-order valence-electron chi connectivity index (χ1n) is 6.44. The molecule has 16 heavy (non-hydrogen) atoms. The van der Waals surface area contributed by atoms with Gasteiger partial charge in [-0.1, -0.05) is 27.2 Å². The molecule has 0 bridgehead atoms. The monoisotopic (exact) mass is 239 g/mol. The normalized spacial score (nSPS) is 13.2. The third kappa shape index (κ3) is 5.66. The van der Waals surface area contributed by atoms with Crippen LogP contribution in [0.25, 0.3) is 0 Å². The van der Waals surface area contributed by atoms with Gasteiger partial charge in [-0.3, -0.25) is 0 Å². The van der Waals surface area contributed by atoms with Gasteiger partial charge in [-0.25, -0.2) is 0 Å². The predicted octanol–water partition coefficient (Wildman–Crippen LogP) is 3.95. The fraction of sp³-hybridized carbons (Fsp3) is 0.714. The Balaban J connectivity index is 2.16. The third-order valence-electron chi connectivity index (χ3n) is 2.98. The second-order valence-corrected chi connectivity index (χ2v) is 5.78. The molecule has 1 heterocycles. The summed E-state index contributed by atoms with van der Waals surface area (Å²) < 4.78 is 0. The fourth-order valence-electron chi connectivity index (χ4n) is 1.83. The molecule has 1 unspecified atom stereocenters. The lowest BCUT2D eigenvalue weighted by Crippen LogP contribution is -2.26. The van der Waals surface area contributed by atoms with Gasteiger partial charge in [-0.2, -0.15) is 11.3 Å². The third-order valence-corrected chi connectivity index (χ3v) is 3.72. The smallest absolute Gasteiger partial charge is 0.00204 e. The van der Waals surface area contributed by atoms with Gasteiger partial charge in [-0.05, 0) is 60.2 Å². The highest BCUT2D eigenvalue weighted by Gasteiger charge is 2.06. The van der Waals surface area contributed by atoms with E-state index in [2.05, 4.69) is 42.9 Å². The summed E-state index contributed by atoms with van der Waals surface area (Å²) in [5, 5.41) is 8.01. The molecule has 0 amide bonds. The van der Waals surface area contributed by atoms with Crippen LogP contribution in [-0.4, -0.2) is 13.1 Å². The predicted molar refractivity (Wildman–Crippen MR) is 74.1 cm³/mol. The lowest BCUT2D eigenvalue weighted by molar-refractivity contribution is 0.417. The van der Waals surface area contributed by atoms with Crippen LogP contribution in [0.1, 0.15) is 39.2 Å². The lowest BCUT2D eigenvalue weighted by Gasteiger charge is -2.16. The van der Waals surface area contributed by atoms with Gasteiger partial charge in [0.25, 0.3) is 0 Å². The number of nitrogens with one attached hydrogen (secondary N) is 1. The molecule has 0 spiro atoms. The van der Waals surface area contributed by atoms with Crippen molar-refractivity contribution in [2.45, 2.75) is 40.0 Å². The summed E-state index contributed by atoms with van der Waals surface area (Å²) in [6, 6.07) is 2.25. The van der Waals surface area contributed by atoms with Gasteiger partial charge in [0.05, 0.1) is 0 Å². The van der Waals surface area contributed by atoms with Crippen LogP contribution in [0.15, 0.2) is 16.8 Å². The summed E-state index contributed by atoms with van der Waals surface area (Å²) in [6.45, 7) is 9.15. The van der Waals surface area contributed by atoms with Crippen LogP contribution in [0.4, 0.5) is 0 Å². The van der Waals surface area contributed by atoms with E-state index in [1.165, 1.54) is 31.4 Å². The second kappa shape index (κ2) is 7.86. The standard InChI is InChI=1S/C14H25NS/c1-4-13(10-15-9-12(2)3)5-6-14-7-8-16-11-14/h7-8,11-13,15H,4-6,9-10H2,1-3H3. The van der Waals surface area contributed by atoms with E-state index in [0.29, 0.717) is 0 Å². The zero-order chi connectivity index (χ0) is 11.8. The van der Waals surface area contributed by atoms with E-state index in [-0.39, 0.29) is 0 Å². The van der Waals surface area contributed by atoms with Crippen molar-refractivity contribution >= 4 is 11.3 Å². The number of hydrogen-bond donors (Lipinski definition) is 1. The maximum atomic E-state index is 3.57.